The Bertz CT molecular complexity index is 1260. The molecule has 0 heterocycles. The summed E-state index contributed by atoms with van der Waals surface area (Å²) in [6, 6.07) is 14.9. The van der Waals surface area contributed by atoms with Crippen LogP contribution in [0.1, 0.15) is 170 Å². The van der Waals surface area contributed by atoms with E-state index in [2.05, 4.69) is 62.9 Å². The number of benzene rings is 2. The fourth-order valence-corrected chi connectivity index (χ4v) is 8.76. The van der Waals surface area contributed by atoms with Crippen molar-refractivity contribution in [3.8, 4) is 0 Å². The van der Waals surface area contributed by atoms with E-state index >= 15 is 0 Å². The lowest BCUT2D eigenvalue weighted by molar-refractivity contribution is 0.251. The molecule has 4 aliphatic carbocycles. The van der Waals surface area contributed by atoms with Gasteiger partial charge in [0.25, 0.3) is 0 Å². The van der Waals surface area contributed by atoms with Crippen molar-refractivity contribution in [2.45, 2.75) is 156 Å². The number of hydrogen-bond acceptors (Lipinski definition) is 0. The van der Waals surface area contributed by atoms with Crippen LogP contribution in [0.15, 0.2) is 66.3 Å². The van der Waals surface area contributed by atoms with Gasteiger partial charge in [0.15, 0.2) is 0 Å². The Hall–Kier alpha value is -2.34. The van der Waals surface area contributed by atoms with Gasteiger partial charge in [-0.05, 0) is 127 Å². The summed E-state index contributed by atoms with van der Waals surface area (Å²) in [7, 11) is 0. The summed E-state index contributed by atoms with van der Waals surface area (Å²) in [5.41, 5.74) is 13.6. The number of rotatable bonds is 10. The van der Waals surface area contributed by atoms with Crippen LogP contribution >= 0.6 is 0 Å². The molecule has 0 aromatic heterocycles. The molecule has 0 bridgehead atoms. The van der Waals surface area contributed by atoms with Gasteiger partial charge in [-0.15, -0.1) is 0 Å². The monoisotopic (exact) mass is 607 g/mol. The molecule has 0 radical (unpaired) electrons. The van der Waals surface area contributed by atoms with Crippen LogP contribution in [0.25, 0.3) is 6.08 Å². The minimum atomic E-state index is 0.565. The predicted molar refractivity (Wildman–Crippen MR) is 200 cm³/mol. The molecule has 45 heavy (non-hydrogen) atoms. The molecular weight excluding hydrogens is 540 g/mol. The van der Waals surface area contributed by atoms with Crippen LogP contribution < -0.4 is 0 Å². The lowest BCUT2D eigenvalue weighted by Crippen LogP contribution is -2.15. The zero-order chi connectivity index (χ0) is 32.3. The maximum absolute atomic E-state index is 4.73. The van der Waals surface area contributed by atoms with Gasteiger partial charge in [-0.1, -0.05) is 147 Å². The normalized spacial score (nSPS) is 24.3. The molecule has 0 N–H and O–H groups in total. The van der Waals surface area contributed by atoms with Crippen LogP contribution in [0.2, 0.25) is 0 Å². The predicted octanol–water partition coefficient (Wildman–Crippen LogP) is 13.7. The lowest BCUT2D eigenvalue weighted by Gasteiger charge is -2.29. The van der Waals surface area contributed by atoms with Crippen LogP contribution in [0.3, 0.4) is 0 Å². The minimum absolute atomic E-state index is 0.565. The number of fused-ring (bicyclic) bond motifs is 2. The van der Waals surface area contributed by atoms with Crippen LogP contribution in [0, 0.1) is 17.8 Å². The molecule has 6 rings (SSSR count). The highest BCUT2D eigenvalue weighted by Gasteiger charge is 2.26. The highest BCUT2D eigenvalue weighted by molar-refractivity contribution is 5.69. The number of allylic oxidation sites excluding steroid dienone is 3. The fraction of sp³-hybridized carbons (Fsp3) is 0.600. The van der Waals surface area contributed by atoms with E-state index in [9.17, 15) is 0 Å². The Morgan fingerprint density at radius 3 is 2.11 bits per heavy atom. The summed E-state index contributed by atoms with van der Waals surface area (Å²) in [6.45, 7) is 21.8. The second kappa shape index (κ2) is 17.5. The van der Waals surface area contributed by atoms with Gasteiger partial charge in [0.05, 0.1) is 0 Å². The SMILES string of the molecule is C=C(C[C@H](CCC1CCC(CC)CC1)c1ccc(C2CCCC2=C)cc1)C1=Cc2cc3c(cc2C1)CC[C@H](CC)C3.CC.CC. The van der Waals surface area contributed by atoms with E-state index in [4.69, 9.17) is 6.58 Å². The molecule has 0 heteroatoms. The molecule has 2 aromatic carbocycles. The molecule has 2 fully saturated rings. The molecule has 246 valence electrons. The fourth-order valence-electron chi connectivity index (χ4n) is 8.76. The summed E-state index contributed by atoms with van der Waals surface area (Å²) in [4.78, 5) is 0. The van der Waals surface area contributed by atoms with Gasteiger partial charge >= 0.3 is 0 Å². The van der Waals surface area contributed by atoms with Crippen LogP contribution in [0.4, 0.5) is 0 Å². The molecule has 0 amide bonds. The van der Waals surface area contributed by atoms with Gasteiger partial charge in [0.1, 0.15) is 0 Å². The minimum Gasteiger partial charge on any atom is -0.0992 e. The van der Waals surface area contributed by atoms with Crippen molar-refractivity contribution in [2.24, 2.45) is 17.8 Å². The Kier molecular flexibility index (Phi) is 13.8. The molecule has 1 unspecified atom stereocenters. The Balaban J connectivity index is 0.00000111. The Morgan fingerprint density at radius 2 is 1.47 bits per heavy atom. The van der Waals surface area contributed by atoms with E-state index < -0.39 is 0 Å². The van der Waals surface area contributed by atoms with Crippen molar-refractivity contribution < 1.29 is 0 Å². The third-order valence-electron chi connectivity index (χ3n) is 11.8. The molecule has 0 aliphatic heterocycles. The maximum Gasteiger partial charge on any atom is 0.00455 e. The average Bonchev–Trinajstić information content (AvgIpc) is 3.73. The summed E-state index contributed by atoms with van der Waals surface area (Å²) in [6.07, 6.45) is 23.5. The molecule has 2 saturated carbocycles. The van der Waals surface area contributed by atoms with Gasteiger partial charge in [-0.25, -0.2) is 0 Å². The number of aryl methyl sites for hydroxylation is 1. The van der Waals surface area contributed by atoms with Crippen molar-refractivity contribution in [1.82, 2.24) is 0 Å². The van der Waals surface area contributed by atoms with Crippen molar-refractivity contribution >= 4 is 6.08 Å². The first-order valence-corrected chi connectivity index (χ1v) is 19.3. The van der Waals surface area contributed by atoms with E-state index in [1.807, 2.05) is 27.7 Å². The third-order valence-corrected chi connectivity index (χ3v) is 11.8. The van der Waals surface area contributed by atoms with E-state index in [1.165, 1.54) is 123 Å². The first kappa shape index (κ1) is 35.5. The van der Waals surface area contributed by atoms with Crippen molar-refractivity contribution in [2.75, 3.05) is 0 Å². The van der Waals surface area contributed by atoms with Crippen molar-refractivity contribution in [3.63, 3.8) is 0 Å². The highest BCUT2D eigenvalue weighted by atomic mass is 14.3. The largest absolute Gasteiger partial charge is 0.0992 e. The maximum atomic E-state index is 4.73. The first-order valence-electron chi connectivity index (χ1n) is 19.3. The van der Waals surface area contributed by atoms with Crippen molar-refractivity contribution in [1.29, 1.82) is 0 Å². The highest BCUT2D eigenvalue weighted by Crippen LogP contribution is 2.42. The summed E-state index contributed by atoms with van der Waals surface area (Å²) < 4.78 is 0. The number of hydrogen-bond donors (Lipinski definition) is 0. The smallest absolute Gasteiger partial charge is 0.00455 e. The van der Waals surface area contributed by atoms with Gasteiger partial charge in [-0.2, -0.15) is 0 Å². The van der Waals surface area contributed by atoms with Gasteiger partial charge in [-0.3, -0.25) is 0 Å². The van der Waals surface area contributed by atoms with E-state index in [0.29, 0.717) is 11.8 Å². The molecule has 0 saturated heterocycles. The van der Waals surface area contributed by atoms with Crippen LogP contribution in [-0.4, -0.2) is 0 Å². The zero-order valence-electron chi connectivity index (χ0n) is 30.2. The molecule has 4 aliphatic rings. The molecule has 3 atom stereocenters. The van der Waals surface area contributed by atoms with E-state index in [1.54, 1.807) is 16.7 Å². The Morgan fingerprint density at radius 1 is 0.778 bits per heavy atom. The lowest BCUT2D eigenvalue weighted by atomic mass is 9.76. The first-order chi connectivity index (χ1) is 22.0. The van der Waals surface area contributed by atoms with Gasteiger partial charge in [0, 0.05) is 5.92 Å². The van der Waals surface area contributed by atoms with Crippen LogP contribution in [-0.2, 0) is 19.3 Å². The second-order valence-corrected chi connectivity index (χ2v) is 14.3. The topological polar surface area (TPSA) is 0 Å². The summed E-state index contributed by atoms with van der Waals surface area (Å²) in [5, 5.41) is 0. The summed E-state index contributed by atoms with van der Waals surface area (Å²) in [5.74, 6) is 3.91. The average molecular weight is 607 g/mol. The molecule has 2 aromatic rings. The molecular formula is C45H66. The quantitative estimate of drug-likeness (QED) is 0.236. The third kappa shape index (κ3) is 8.93. The Labute approximate surface area is 278 Å². The van der Waals surface area contributed by atoms with Gasteiger partial charge < -0.3 is 0 Å². The summed E-state index contributed by atoms with van der Waals surface area (Å²) >= 11 is 0. The molecule has 0 nitrogen and oxygen atoms in total. The molecule has 0 spiro atoms. The van der Waals surface area contributed by atoms with Gasteiger partial charge in [0.2, 0.25) is 0 Å². The zero-order valence-corrected chi connectivity index (χ0v) is 30.2. The second-order valence-electron chi connectivity index (χ2n) is 14.3. The van der Waals surface area contributed by atoms with Crippen molar-refractivity contribution in [3.05, 3.63) is 99.7 Å². The standard InChI is InChI=1S/C41H54.2C2H6/c1-5-30-10-12-32(13-11-30)15-17-35(33-18-20-34(21-19-33)41-9-7-8-28(41)3)22-29(4)37-25-39-24-36-16-14-31(6-2)23-38(36)27-40(39)26-37;2*1-2/h18-21,24,26-27,30-32,35,41H,3-17,22-23,25H2,1-2H3;2*1-2H3/t30?,31-,32?,35-,41?;;/m0../s1. The van der Waals surface area contributed by atoms with E-state index in [-0.39, 0.29) is 0 Å². The van der Waals surface area contributed by atoms with Crippen LogP contribution in [0.5, 0.6) is 0 Å². The van der Waals surface area contributed by atoms with E-state index in [0.717, 1.165) is 30.6 Å².